The van der Waals surface area contributed by atoms with Crippen molar-refractivity contribution in [3.63, 3.8) is 0 Å². The van der Waals surface area contributed by atoms with Crippen LogP contribution in [0.2, 0.25) is 0 Å². The van der Waals surface area contributed by atoms with Crippen LogP contribution in [0.5, 0.6) is 23.0 Å². The number of ether oxygens (including phenoxy) is 4. The first kappa shape index (κ1) is 19.9. The van der Waals surface area contributed by atoms with Gasteiger partial charge in [0.25, 0.3) is 0 Å². The van der Waals surface area contributed by atoms with Crippen molar-refractivity contribution in [2.24, 2.45) is 0 Å². The van der Waals surface area contributed by atoms with Crippen LogP contribution in [-0.4, -0.2) is 57.3 Å². The van der Waals surface area contributed by atoms with Crippen molar-refractivity contribution >= 4 is 0 Å². The molecule has 6 nitrogen and oxygen atoms in total. The van der Waals surface area contributed by atoms with E-state index in [4.69, 9.17) is 18.9 Å². The average Bonchev–Trinajstić information content (AvgIpc) is 3.17. The molecule has 0 unspecified atom stereocenters. The van der Waals surface area contributed by atoms with Crippen molar-refractivity contribution in [2.45, 2.75) is 31.4 Å². The molecule has 1 N–H and O–H groups in total. The number of methoxy groups -OCH3 is 2. The molecule has 2 aromatic rings. The minimum Gasteiger partial charge on any atom is -0.496 e. The predicted molar refractivity (Wildman–Crippen MR) is 110 cm³/mol. The van der Waals surface area contributed by atoms with Gasteiger partial charge in [0.05, 0.1) is 46.5 Å². The third kappa shape index (κ3) is 3.63. The van der Waals surface area contributed by atoms with Gasteiger partial charge in [0.15, 0.2) is 11.5 Å². The lowest BCUT2D eigenvalue weighted by Crippen LogP contribution is -2.49. The lowest BCUT2D eigenvalue weighted by Gasteiger charge is -2.44. The fourth-order valence-corrected chi connectivity index (χ4v) is 4.64. The zero-order valence-corrected chi connectivity index (χ0v) is 17.6. The lowest BCUT2D eigenvalue weighted by atomic mass is 9.85. The zero-order chi connectivity index (χ0) is 20.6. The number of likely N-dealkylation sites (N-methyl/N-ethyl adjacent to an activating group) is 1. The quantitative estimate of drug-likeness (QED) is 0.755. The van der Waals surface area contributed by atoms with E-state index in [2.05, 4.69) is 20.2 Å². The van der Waals surface area contributed by atoms with Crippen molar-refractivity contribution in [1.29, 1.82) is 0 Å². The molecular weight excluding hydrogens is 370 g/mol. The Kier molecular flexibility index (Phi) is 5.32. The average molecular weight is 400 g/mol. The van der Waals surface area contributed by atoms with Crippen LogP contribution >= 0.6 is 0 Å². The highest BCUT2D eigenvalue weighted by Crippen LogP contribution is 2.51. The number of aliphatic hydroxyl groups is 1. The predicted octanol–water partition coefficient (Wildman–Crippen LogP) is 3.10. The number of hydrogen-bond donors (Lipinski definition) is 1. The molecule has 0 saturated carbocycles. The molecule has 2 aliphatic rings. The second-order valence-corrected chi connectivity index (χ2v) is 8.39. The molecule has 2 heterocycles. The summed E-state index contributed by atoms with van der Waals surface area (Å²) >= 11 is 0. The van der Waals surface area contributed by atoms with Gasteiger partial charge < -0.3 is 28.5 Å². The standard InChI is InChI=1S/C23H30NO5/c1-24(2)10-9-16-12-20-22(29-14-28-20)23(27-4)21(16)18(24)13-17(25)11-15-7-5-6-8-19(15)26-3/h5-8,12,17-18,25H,9-11,13-14H2,1-4H3/q+1/t17-,18-/m0/s1. The number of hydrogen-bond acceptors (Lipinski definition) is 5. The maximum atomic E-state index is 11.0. The maximum absolute atomic E-state index is 11.0. The first-order valence-corrected chi connectivity index (χ1v) is 10.1. The second-order valence-electron chi connectivity index (χ2n) is 8.39. The van der Waals surface area contributed by atoms with Gasteiger partial charge in [-0.3, -0.25) is 0 Å². The molecule has 4 rings (SSSR count). The van der Waals surface area contributed by atoms with Gasteiger partial charge in [-0.1, -0.05) is 18.2 Å². The number of quaternary nitrogens is 1. The van der Waals surface area contributed by atoms with Crippen LogP contribution in [0.15, 0.2) is 30.3 Å². The number of nitrogens with zero attached hydrogens (tertiary/aromatic N) is 1. The summed E-state index contributed by atoms with van der Waals surface area (Å²) in [5.41, 5.74) is 3.37. The highest BCUT2D eigenvalue weighted by molar-refractivity contribution is 5.61. The van der Waals surface area contributed by atoms with E-state index in [-0.39, 0.29) is 12.8 Å². The molecule has 0 amide bonds. The fraction of sp³-hybridized carbons (Fsp3) is 0.478. The van der Waals surface area contributed by atoms with E-state index in [0.29, 0.717) is 18.6 Å². The van der Waals surface area contributed by atoms with E-state index in [0.717, 1.165) is 45.8 Å². The number of rotatable bonds is 6. The first-order chi connectivity index (χ1) is 13.9. The van der Waals surface area contributed by atoms with Gasteiger partial charge in [-0.05, 0) is 23.3 Å². The van der Waals surface area contributed by atoms with Crippen LogP contribution in [0, 0.1) is 0 Å². The summed E-state index contributed by atoms with van der Waals surface area (Å²) in [6, 6.07) is 10.0. The Hall–Kier alpha value is -2.44. The van der Waals surface area contributed by atoms with Gasteiger partial charge in [0, 0.05) is 19.3 Å². The lowest BCUT2D eigenvalue weighted by molar-refractivity contribution is -0.924. The van der Waals surface area contributed by atoms with Crippen molar-refractivity contribution in [2.75, 3.05) is 41.7 Å². The Balaban J connectivity index is 1.66. The van der Waals surface area contributed by atoms with E-state index in [1.54, 1.807) is 14.2 Å². The SMILES string of the molecule is COc1ccccc1C[C@H](O)C[C@H]1c2c(cc3c(c2OC)OCO3)CC[N+]1(C)C. The largest absolute Gasteiger partial charge is 0.496 e. The Bertz CT molecular complexity index is 895. The van der Waals surface area contributed by atoms with Crippen molar-refractivity contribution in [3.8, 4) is 23.0 Å². The molecule has 0 aromatic heterocycles. The third-order valence-electron chi connectivity index (χ3n) is 6.23. The molecule has 0 spiro atoms. The maximum Gasteiger partial charge on any atom is 0.231 e. The molecule has 0 saturated heterocycles. The van der Waals surface area contributed by atoms with Gasteiger partial charge in [-0.15, -0.1) is 0 Å². The molecular formula is C23H30NO5+. The normalized spacial score (nSPS) is 20.1. The van der Waals surface area contributed by atoms with Gasteiger partial charge >= 0.3 is 0 Å². The molecule has 0 radical (unpaired) electrons. The number of aliphatic hydroxyl groups excluding tert-OH is 1. The second kappa shape index (κ2) is 7.76. The molecule has 2 atom stereocenters. The van der Waals surface area contributed by atoms with Gasteiger partial charge in [-0.2, -0.15) is 0 Å². The Morgan fingerprint density at radius 1 is 1.17 bits per heavy atom. The summed E-state index contributed by atoms with van der Waals surface area (Å²) < 4.78 is 23.3. The molecule has 0 fully saturated rings. The summed E-state index contributed by atoms with van der Waals surface area (Å²) in [5.74, 6) is 2.99. The van der Waals surface area contributed by atoms with Crippen LogP contribution in [0.4, 0.5) is 0 Å². The molecule has 0 bridgehead atoms. The number of para-hydroxylation sites is 1. The molecule has 156 valence electrons. The van der Waals surface area contributed by atoms with Gasteiger partial charge in [0.1, 0.15) is 11.8 Å². The Morgan fingerprint density at radius 2 is 1.97 bits per heavy atom. The minimum atomic E-state index is -0.505. The molecule has 29 heavy (non-hydrogen) atoms. The van der Waals surface area contributed by atoms with Gasteiger partial charge in [0.2, 0.25) is 12.5 Å². The topological polar surface area (TPSA) is 57.2 Å². The monoisotopic (exact) mass is 400 g/mol. The first-order valence-electron chi connectivity index (χ1n) is 10.1. The summed E-state index contributed by atoms with van der Waals surface area (Å²) in [7, 11) is 7.77. The van der Waals surface area contributed by atoms with Crippen molar-refractivity contribution in [1.82, 2.24) is 0 Å². The Labute approximate surface area is 172 Å². The van der Waals surface area contributed by atoms with Crippen molar-refractivity contribution in [3.05, 3.63) is 47.0 Å². The smallest absolute Gasteiger partial charge is 0.231 e. The van der Waals surface area contributed by atoms with Crippen LogP contribution in [0.25, 0.3) is 0 Å². The van der Waals surface area contributed by atoms with Crippen LogP contribution in [0.3, 0.4) is 0 Å². The summed E-state index contributed by atoms with van der Waals surface area (Å²) in [6.07, 6.45) is 1.60. The highest BCUT2D eigenvalue weighted by atomic mass is 16.7. The summed E-state index contributed by atoms with van der Waals surface area (Å²) in [5, 5.41) is 11.0. The Morgan fingerprint density at radius 3 is 2.72 bits per heavy atom. The fourth-order valence-electron chi connectivity index (χ4n) is 4.64. The third-order valence-corrected chi connectivity index (χ3v) is 6.23. The van der Waals surface area contributed by atoms with E-state index in [1.165, 1.54) is 5.56 Å². The van der Waals surface area contributed by atoms with Crippen molar-refractivity contribution < 1.29 is 28.5 Å². The molecule has 0 aliphatic carbocycles. The number of fused-ring (bicyclic) bond motifs is 2. The van der Waals surface area contributed by atoms with Crippen LogP contribution in [0.1, 0.15) is 29.2 Å². The van der Waals surface area contributed by atoms with E-state index in [1.807, 2.05) is 24.3 Å². The van der Waals surface area contributed by atoms with E-state index in [9.17, 15) is 5.11 Å². The summed E-state index contributed by atoms with van der Waals surface area (Å²) in [4.78, 5) is 0. The highest BCUT2D eigenvalue weighted by Gasteiger charge is 2.42. The van der Waals surface area contributed by atoms with E-state index >= 15 is 0 Å². The molecule has 6 heteroatoms. The number of benzene rings is 2. The van der Waals surface area contributed by atoms with Crippen LogP contribution in [-0.2, 0) is 12.8 Å². The van der Waals surface area contributed by atoms with E-state index < -0.39 is 6.10 Å². The molecule has 2 aliphatic heterocycles. The zero-order valence-electron chi connectivity index (χ0n) is 17.6. The van der Waals surface area contributed by atoms with Crippen LogP contribution < -0.4 is 18.9 Å². The molecule has 2 aromatic carbocycles. The summed E-state index contributed by atoms with van der Waals surface area (Å²) in [6.45, 7) is 1.20. The minimum absolute atomic E-state index is 0.0907. The van der Waals surface area contributed by atoms with Gasteiger partial charge in [-0.25, -0.2) is 0 Å².